The van der Waals surface area contributed by atoms with Crippen LogP contribution >= 0.6 is 0 Å². The zero-order chi connectivity index (χ0) is 10.6. The van der Waals surface area contributed by atoms with Crippen molar-refractivity contribution in [3.63, 3.8) is 0 Å². The van der Waals surface area contributed by atoms with E-state index in [9.17, 15) is 8.42 Å². The van der Waals surface area contributed by atoms with Crippen LogP contribution in [-0.4, -0.2) is 38.7 Å². The lowest BCUT2D eigenvalue weighted by Gasteiger charge is -2.14. The van der Waals surface area contributed by atoms with Crippen molar-refractivity contribution in [1.29, 1.82) is 0 Å². The Labute approximate surface area is 86.5 Å². The average molecular weight is 220 g/mol. The van der Waals surface area contributed by atoms with Crippen molar-refractivity contribution in [3.05, 3.63) is 0 Å². The first-order valence-corrected chi connectivity index (χ1v) is 6.95. The molecule has 0 amide bonds. The van der Waals surface area contributed by atoms with Crippen molar-refractivity contribution < 1.29 is 8.42 Å². The van der Waals surface area contributed by atoms with Gasteiger partial charge in [-0.05, 0) is 31.8 Å². The van der Waals surface area contributed by atoms with Crippen molar-refractivity contribution >= 4 is 10.0 Å². The summed E-state index contributed by atoms with van der Waals surface area (Å²) in [4.78, 5) is 2.33. The molecule has 0 aliphatic carbocycles. The quantitative estimate of drug-likeness (QED) is 0.729. The van der Waals surface area contributed by atoms with Crippen molar-refractivity contribution in [1.82, 2.24) is 4.90 Å². The molecule has 1 rings (SSSR count). The molecular weight excluding hydrogens is 200 g/mol. The molecule has 4 nitrogen and oxygen atoms in total. The van der Waals surface area contributed by atoms with E-state index in [-0.39, 0.29) is 5.75 Å². The smallest absolute Gasteiger partial charge is 0.209 e. The number of sulfonamides is 1. The Balaban J connectivity index is 2.15. The molecule has 1 aliphatic rings. The Bertz CT molecular complexity index is 264. The Morgan fingerprint density at radius 3 is 2.71 bits per heavy atom. The summed E-state index contributed by atoms with van der Waals surface area (Å²) in [5.74, 6) is 0.921. The second kappa shape index (κ2) is 5.09. The van der Waals surface area contributed by atoms with Gasteiger partial charge in [-0.1, -0.05) is 13.3 Å². The van der Waals surface area contributed by atoms with E-state index < -0.39 is 10.0 Å². The molecule has 1 unspecified atom stereocenters. The summed E-state index contributed by atoms with van der Waals surface area (Å²) >= 11 is 0. The van der Waals surface area contributed by atoms with Gasteiger partial charge < -0.3 is 4.90 Å². The van der Waals surface area contributed by atoms with E-state index in [1.165, 1.54) is 12.8 Å². The first kappa shape index (κ1) is 11.9. The zero-order valence-electron chi connectivity index (χ0n) is 8.78. The summed E-state index contributed by atoms with van der Waals surface area (Å²) in [6.45, 7) is 5.32. The van der Waals surface area contributed by atoms with Gasteiger partial charge in [-0.25, -0.2) is 13.6 Å². The van der Waals surface area contributed by atoms with E-state index in [4.69, 9.17) is 5.14 Å². The predicted octanol–water partition coefficient (Wildman–Crippen LogP) is 0.397. The molecule has 1 atom stereocenters. The minimum atomic E-state index is -3.26. The lowest BCUT2D eigenvalue weighted by atomic mass is 10.1. The summed E-state index contributed by atoms with van der Waals surface area (Å²) in [5.41, 5.74) is 0. The third-order valence-corrected chi connectivity index (χ3v) is 3.71. The number of rotatable bonds is 5. The van der Waals surface area contributed by atoms with Gasteiger partial charge in [0.2, 0.25) is 10.0 Å². The fourth-order valence-electron chi connectivity index (χ4n) is 1.94. The summed E-state index contributed by atoms with van der Waals surface area (Å²) in [6.07, 6.45) is 3.15. The van der Waals surface area contributed by atoms with Gasteiger partial charge in [-0.15, -0.1) is 0 Å². The van der Waals surface area contributed by atoms with Crippen LogP contribution in [0.2, 0.25) is 0 Å². The van der Waals surface area contributed by atoms with Crippen LogP contribution in [0.1, 0.15) is 26.2 Å². The van der Waals surface area contributed by atoms with Crippen molar-refractivity contribution in [2.45, 2.75) is 26.2 Å². The van der Waals surface area contributed by atoms with Gasteiger partial charge >= 0.3 is 0 Å². The first-order valence-electron chi connectivity index (χ1n) is 5.24. The Morgan fingerprint density at radius 2 is 2.21 bits per heavy atom. The molecule has 0 aromatic heterocycles. The highest BCUT2D eigenvalue weighted by Gasteiger charge is 2.20. The maximum Gasteiger partial charge on any atom is 0.209 e. The number of nitrogens with two attached hydrogens (primary N) is 1. The third kappa shape index (κ3) is 4.39. The first-order chi connectivity index (χ1) is 6.51. The van der Waals surface area contributed by atoms with Crippen molar-refractivity contribution in [2.75, 3.05) is 25.4 Å². The van der Waals surface area contributed by atoms with E-state index in [0.29, 0.717) is 6.42 Å². The van der Waals surface area contributed by atoms with E-state index in [1.807, 2.05) is 0 Å². The summed E-state index contributed by atoms with van der Waals surface area (Å²) < 4.78 is 21.4. The maximum atomic E-state index is 10.7. The van der Waals surface area contributed by atoms with E-state index >= 15 is 0 Å². The molecule has 14 heavy (non-hydrogen) atoms. The third-order valence-electron chi connectivity index (χ3n) is 2.85. The lowest BCUT2D eigenvalue weighted by molar-refractivity contribution is 0.323. The van der Waals surface area contributed by atoms with Crippen LogP contribution in [0.15, 0.2) is 0 Å². The number of likely N-dealkylation sites (tertiary alicyclic amines) is 1. The normalized spacial score (nSPS) is 24.3. The molecule has 0 aromatic carbocycles. The standard InChI is InChI=1S/C9H20N2O2S/c1-2-9-4-6-11(8-9)5-3-7-14(10,12)13/h9H,2-8H2,1H3,(H2,10,12,13). The van der Waals surface area contributed by atoms with Crippen molar-refractivity contribution in [2.24, 2.45) is 11.1 Å². The van der Waals surface area contributed by atoms with Crippen LogP contribution in [0.3, 0.4) is 0 Å². The number of hydrogen-bond donors (Lipinski definition) is 1. The van der Waals surface area contributed by atoms with Gasteiger partial charge in [0, 0.05) is 6.54 Å². The minimum Gasteiger partial charge on any atom is -0.303 e. The highest BCUT2D eigenvalue weighted by Crippen LogP contribution is 2.18. The average Bonchev–Trinajstić information content (AvgIpc) is 2.50. The van der Waals surface area contributed by atoms with Gasteiger partial charge in [0.15, 0.2) is 0 Å². The lowest BCUT2D eigenvalue weighted by Crippen LogP contribution is -2.25. The van der Waals surface area contributed by atoms with Crippen molar-refractivity contribution in [3.8, 4) is 0 Å². The van der Waals surface area contributed by atoms with Gasteiger partial charge in [-0.2, -0.15) is 0 Å². The largest absolute Gasteiger partial charge is 0.303 e. The molecule has 5 heteroatoms. The van der Waals surface area contributed by atoms with Crippen LogP contribution < -0.4 is 5.14 Å². The highest BCUT2D eigenvalue weighted by molar-refractivity contribution is 7.89. The molecule has 1 aliphatic heterocycles. The Hall–Kier alpha value is -0.130. The van der Waals surface area contributed by atoms with Crippen LogP contribution in [0, 0.1) is 5.92 Å². The fourth-order valence-corrected chi connectivity index (χ4v) is 2.47. The molecule has 1 fully saturated rings. The topological polar surface area (TPSA) is 63.4 Å². The van der Waals surface area contributed by atoms with E-state index in [2.05, 4.69) is 11.8 Å². The van der Waals surface area contributed by atoms with Crippen LogP contribution in [0.25, 0.3) is 0 Å². The molecule has 1 heterocycles. The number of nitrogens with zero attached hydrogens (tertiary/aromatic N) is 1. The van der Waals surface area contributed by atoms with Gasteiger partial charge in [0.05, 0.1) is 5.75 Å². The highest BCUT2D eigenvalue weighted by atomic mass is 32.2. The summed E-state index contributed by atoms with van der Waals surface area (Å²) in [5, 5.41) is 4.93. The maximum absolute atomic E-state index is 10.7. The fraction of sp³-hybridized carbons (Fsp3) is 1.00. The summed E-state index contributed by atoms with van der Waals surface area (Å²) in [6, 6.07) is 0. The molecule has 0 saturated carbocycles. The van der Waals surface area contributed by atoms with E-state index in [0.717, 1.165) is 25.6 Å². The van der Waals surface area contributed by atoms with Gasteiger partial charge in [0.1, 0.15) is 0 Å². The number of primary sulfonamides is 1. The van der Waals surface area contributed by atoms with Crippen LogP contribution in [-0.2, 0) is 10.0 Å². The van der Waals surface area contributed by atoms with Crippen LogP contribution in [0.4, 0.5) is 0 Å². The molecule has 0 aromatic rings. The van der Waals surface area contributed by atoms with E-state index in [1.54, 1.807) is 0 Å². The van der Waals surface area contributed by atoms with Gasteiger partial charge in [0.25, 0.3) is 0 Å². The summed E-state index contributed by atoms with van der Waals surface area (Å²) in [7, 11) is -3.26. The SMILES string of the molecule is CCC1CCN(CCCS(N)(=O)=O)C1. The minimum absolute atomic E-state index is 0.111. The molecular formula is C9H20N2O2S. The molecule has 2 N–H and O–H groups in total. The monoisotopic (exact) mass is 220 g/mol. The molecule has 0 radical (unpaired) electrons. The molecule has 1 saturated heterocycles. The molecule has 84 valence electrons. The van der Waals surface area contributed by atoms with Crippen LogP contribution in [0.5, 0.6) is 0 Å². The van der Waals surface area contributed by atoms with Gasteiger partial charge in [-0.3, -0.25) is 0 Å². The molecule has 0 spiro atoms. The Kier molecular flexibility index (Phi) is 4.34. The predicted molar refractivity (Wildman–Crippen MR) is 57.4 cm³/mol. The molecule has 0 bridgehead atoms. The number of hydrogen-bond acceptors (Lipinski definition) is 3. The second-order valence-electron chi connectivity index (χ2n) is 4.08. The second-order valence-corrected chi connectivity index (χ2v) is 5.82. The zero-order valence-corrected chi connectivity index (χ0v) is 9.59. The Morgan fingerprint density at radius 1 is 1.50 bits per heavy atom.